The van der Waals surface area contributed by atoms with E-state index in [4.69, 9.17) is 10.00 Å². The zero-order chi connectivity index (χ0) is 15.2. The summed E-state index contributed by atoms with van der Waals surface area (Å²) in [6.07, 6.45) is 3.68. The summed E-state index contributed by atoms with van der Waals surface area (Å²) in [5.41, 5.74) is 1.22. The molecule has 0 aliphatic heterocycles. The van der Waals surface area contributed by atoms with Gasteiger partial charge in [0.25, 0.3) is 0 Å². The van der Waals surface area contributed by atoms with Crippen molar-refractivity contribution in [2.24, 2.45) is 4.99 Å². The molecular weight excluding hydrogens is 286 g/mol. The molecule has 0 bridgehead atoms. The van der Waals surface area contributed by atoms with Crippen LogP contribution >= 0.6 is 11.8 Å². The number of hydrogen-bond acceptors (Lipinski definition) is 5. The first-order valence-electron chi connectivity index (χ1n) is 6.08. The standard InChI is InChI=1S/C15H13N3O2S/c1-20-14(19)13-5-3-4-10-8-11(6-7-12(10)13)18-15(21-2)17-9-16/h3-8H,1-2H3,(H,17,18). The molecule has 0 spiro atoms. The molecule has 0 amide bonds. The van der Waals surface area contributed by atoms with Crippen molar-refractivity contribution in [3.8, 4) is 6.19 Å². The van der Waals surface area contributed by atoms with Crippen molar-refractivity contribution < 1.29 is 9.53 Å². The number of carbonyl (C=O) groups is 1. The first-order chi connectivity index (χ1) is 10.2. The Hall–Kier alpha value is -2.52. The summed E-state index contributed by atoms with van der Waals surface area (Å²) in [5, 5.41) is 13.4. The maximum atomic E-state index is 11.7. The van der Waals surface area contributed by atoms with Gasteiger partial charge < -0.3 is 4.74 Å². The van der Waals surface area contributed by atoms with Gasteiger partial charge in [0, 0.05) is 0 Å². The first-order valence-corrected chi connectivity index (χ1v) is 7.31. The summed E-state index contributed by atoms with van der Waals surface area (Å²) >= 11 is 1.35. The molecule has 0 aromatic heterocycles. The summed E-state index contributed by atoms with van der Waals surface area (Å²) in [6.45, 7) is 0. The molecule has 2 rings (SSSR count). The monoisotopic (exact) mass is 299 g/mol. The number of carbonyl (C=O) groups excluding carboxylic acids is 1. The number of amidine groups is 1. The van der Waals surface area contributed by atoms with E-state index in [2.05, 4.69) is 10.3 Å². The van der Waals surface area contributed by atoms with Crippen LogP contribution in [0.5, 0.6) is 0 Å². The molecule has 21 heavy (non-hydrogen) atoms. The van der Waals surface area contributed by atoms with Gasteiger partial charge in [-0.3, -0.25) is 5.32 Å². The molecule has 1 N–H and O–H groups in total. The van der Waals surface area contributed by atoms with E-state index >= 15 is 0 Å². The van der Waals surface area contributed by atoms with Crippen LogP contribution in [0.25, 0.3) is 10.8 Å². The van der Waals surface area contributed by atoms with E-state index in [0.29, 0.717) is 16.4 Å². The average molecular weight is 299 g/mol. The normalized spacial score (nSPS) is 11.0. The minimum atomic E-state index is -0.368. The summed E-state index contributed by atoms with van der Waals surface area (Å²) in [6, 6.07) is 10.9. The third kappa shape index (κ3) is 3.33. The number of nitrogens with one attached hydrogen (secondary N) is 1. The fourth-order valence-electron chi connectivity index (χ4n) is 1.92. The Labute approximate surface area is 126 Å². The molecule has 0 saturated heterocycles. The van der Waals surface area contributed by atoms with E-state index in [9.17, 15) is 4.79 Å². The average Bonchev–Trinajstić information content (AvgIpc) is 2.52. The van der Waals surface area contributed by atoms with Gasteiger partial charge in [-0.2, -0.15) is 5.26 Å². The molecule has 2 aromatic carbocycles. The highest BCUT2D eigenvalue weighted by atomic mass is 32.2. The van der Waals surface area contributed by atoms with Crippen molar-refractivity contribution in [2.45, 2.75) is 0 Å². The Morgan fingerprint density at radius 1 is 1.38 bits per heavy atom. The van der Waals surface area contributed by atoms with Crippen LogP contribution in [0.15, 0.2) is 41.4 Å². The van der Waals surface area contributed by atoms with Crippen LogP contribution in [0.1, 0.15) is 10.4 Å². The maximum Gasteiger partial charge on any atom is 0.338 e. The quantitative estimate of drug-likeness (QED) is 0.303. The van der Waals surface area contributed by atoms with Crippen molar-refractivity contribution in [2.75, 3.05) is 13.4 Å². The number of rotatable bonds is 2. The Balaban J connectivity index is 2.49. The molecule has 6 heteroatoms. The van der Waals surface area contributed by atoms with Gasteiger partial charge in [0.1, 0.15) is 0 Å². The molecule has 0 aliphatic rings. The summed E-state index contributed by atoms with van der Waals surface area (Å²) in [5.74, 6) is -0.368. The van der Waals surface area contributed by atoms with Gasteiger partial charge in [0.15, 0.2) is 11.4 Å². The van der Waals surface area contributed by atoms with Crippen molar-refractivity contribution in [1.29, 1.82) is 5.26 Å². The molecule has 0 radical (unpaired) electrons. The number of benzene rings is 2. The topological polar surface area (TPSA) is 74.5 Å². The van der Waals surface area contributed by atoms with E-state index in [-0.39, 0.29) is 5.97 Å². The highest BCUT2D eigenvalue weighted by Crippen LogP contribution is 2.25. The third-order valence-electron chi connectivity index (χ3n) is 2.86. The van der Waals surface area contributed by atoms with E-state index in [1.54, 1.807) is 18.2 Å². The number of methoxy groups -OCH3 is 1. The van der Waals surface area contributed by atoms with Gasteiger partial charge >= 0.3 is 5.97 Å². The minimum Gasteiger partial charge on any atom is -0.465 e. The van der Waals surface area contributed by atoms with Gasteiger partial charge in [-0.25, -0.2) is 9.79 Å². The van der Waals surface area contributed by atoms with Gasteiger partial charge in [0.05, 0.1) is 18.4 Å². The van der Waals surface area contributed by atoms with Crippen LogP contribution in [0.3, 0.4) is 0 Å². The van der Waals surface area contributed by atoms with E-state index in [1.165, 1.54) is 18.9 Å². The fourth-order valence-corrected chi connectivity index (χ4v) is 2.26. The fraction of sp³-hybridized carbons (Fsp3) is 0.133. The van der Waals surface area contributed by atoms with Crippen molar-refractivity contribution in [1.82, 2.24) is 5.32 Å². The second-order valence-corrected chi connectivity index (χ2v) is 4.86. The van der Waals surface area contributed by atoms with Crippen molar-refractivity contribution >= 4 is 39.4 Å². The number of aliphatic imine (C=N–C) groups is 1. The Morgan fingerprint density at radius 3 is 2.86 bits per heavy atom. The molecule has 0 heterocycles. The van der Waals surface area contributed by atoms with Crippen LogP contribution in [-0.4, -0.2) is 24.5 Å². The number of thioether (sulfide) groups is 1. The van der Waals surface area contributed by atoms with E-state index in [1.807, 2.05) is 30.6 Å². The summed E-state index contributed by atoms with van der Waals surface area (Å²) in [7, 11) is 1.36. The molecule has 0 fully saturated rings. The number of nitriles is 1. The number of nitrogens with zero attached hydrogens (tertiary/aromatic N) is 2. The van der Waals surface area contributed by atoms with Crippen molar-refractivity contribution in [3.05, 3.63) is 42.0 Å². The van der Waals surface area contributed by atoms with Crippen molar-refractivity contribution in [3.63, 3.8) is 0 Å². The SMILES string of the molecule is COC(=O)c1cccc2cc(N=C(NC#N)SC)ccc12. The zero-order valence-electron chi connectivity index (χ0n) is 11.6. The highest BCUT2D eigenvalue weighted by Gasteiger charge is 2.10. The zero-order valence-corrected chi connectivity index (χ0v) is 12.4. The summed E-state index contributed by atoms with van der Waals surface area (Å²) in [4.78, 5) is 16.1. The molecule has 2 aromatic rings. The lowest BCUT2D eigenvalue weighted by molar-refractivity contribution is 0.0603. The smallest absolute Gasteiger partial charge is 0.338 e. The van der Waals surface area contributed by atoms with E-state index < -0.39 is 0 Å². The Morgan fingerprint density at radius 2 is 2.19 bits per heavy atom. The summed E-state index contributed by atoms with van der Waals surface area (Å²) < 4.78 is 4.77. The van der Waals surface area contributed by atoms with Crippen LogP contribution in [0.4, 0.5) is 5.69 Å². The molecular formula is C15H13N3O2S. The molecule has 106 valence electrons. The van der Waals surface area contributed by atoms with Crippen LogP contribution < -0.4 is 5.32 Å². The van der Waals surface area contributed by atoms with Crippen LogP contribution in [0.2, 0.25) is 0 Å². The second-order valence-electron chi connectivity index (χ2n) is 4.06. The van der Waals surface area contributed by atoms with Gasteiger partial charge in [-0.15, -0.1) is 0 Å². The largest absolute Gasteiger partial charge is 0.465 e. The maximum absolute atomic E-state index is 11.7. The molecule has 0 aliphatic carbocycles. The lowest BCUT2D eigenvalue weighted by Gasteiger charge is -2.06. The van der Waals surface area contributed by atoms with Crippen LogP contribution in [0, 0.1) is 11.5 Å². The molecule has 5 nitrogen and oxygen atoms in total. The van der Waals surface area contributed by atoms with E-state index in [0.717, 1.165) is 10.8 Å². The number of esters is 1. The molecule has 0 saturated carbocycles. The second kappa shape index (κ2) is 6.77. The minimum absolute atomic E-state index is 0.368. The first kappa shape index (κ1) is 14.9. The molecule has 0 atom stereocenters. The number of hydrogen-bond donors (Lipinski definition) is 1. The molecule has 0 unspecified atom stereocenters. The number of fused-ring (bicyclic) bond motifs is 1. The number of ether oxygens (including phenoxy) is 1. The van der Waals surface area contributed by atoms with Crippen LogP contribution in [-0.2, 0) is 4.74 Å². The predicted molar refractivity (Wildman–Crippen MR) is 84.6 cm³/mol. The Bertz CT molecular complexity index is 750. The lowest BCUT2D eigenvalue weighted by atomic mass is 10.0. The van der Waals surface area contributed by atoms with Gasteiger partial charge in [0.2, 0.25) is 0 Å². The lowest BCUT2D eigenvalue weighted by Crippen LogP contribution is -2.12. The third-order valence-corrected chi connectivity index (χ3v) is 3.44. The highest BCUT2D eigenvalue weighted by molar-refractivity contribution is 8.13. The Kier molecular flexibility index (Phi) is 4.80. The van der Waals surface area contributed by atoms with Gasteiger partial charge in [-0.05, 0) is 35.2 Å². The van der Waals surface area contributed by atoms with Gasteiger partial charge in [-0.1, -0.05) is 30.0 Å². The predicted octanol–water partition coefficient (Wildman–Crippen LogP) is 3.05.